The van der Waals surface area contributed by atoms with Gasteiger partial charge in [0.05, 0.1) is 0 Å². The molecule has 7 heteroatoms. The van der Waals surface area contributed by atoms with Gasteiger partial charge in [-0.25, -0.2) is 9.97 Å². The monoisotopic (exact) mass is 314 g/mol. The predicted octanol–water partition coefficient (Wildman–Crippen LogP) is 2.32. The van der Waals surface area contributed by atoms with E-state index in [9.17, 15) is 4.79 Å². The third kappa shape index (κ3) is 3.68. The standard InChI is InChI=1S/C16H18N4O3/c1-2-5-17-15-9-12(18-10-19-15)16(21)20-11-3-4-13-14(8-11)23-7-6-22-13/h3-4,8-10H,2,5-7H2,1H3,(H,20,21)(H,17,18,19). The first-order chi connectivity index (χ1) is 11.3. The maximum absolute atomic E-state index is 12.3. The number of hydrogen-bond acceptors (Lipinski definition) is 6. The number of nitrogens with zero attached hydrogens (tertiary/aromatic N) is 2. The Labute approximate surface area is 134 Å². The number of nitrogens with one attached hydrogen (secondary N) is 2. The van der Waals surface area contributed by atoms with E-state index in [4.69, 9.17) is 9.47 Å². The van der Waals surface area contributed by atoms with Crippen molar-refractivity contribution >= 4 is 17.4 Å². The number of anilines is 2. The number of ether oxygens (including phenoxy) is 2. The average Bonchev–Trinajstić information content (AvgIpc) is 2.60. The molecule has 1 aromatic heterocycles. The number of carbonyl (C=O) groups is 1. The number of hydrogen-bond donors (Lipinski definition) is 2. The molecule has 1 aliphatic heterocycles. The molecule has 2 N–H and O–H groups in total. The minimum Gasteiger partial charge on any atom is -0.486 e. The van der Waals surface area contributed by atoms with Crippen LogP contribution in [0.1, 0.15) is 23.8 Å². The Morgan fingerprint density at radius 1 is 1.17 bits per heavy atom. The van der Waals surface area contributed by atoms with E-state index in [-0.39, 0.29) is 5.91 Å². The van der Waals surface area contributed by atoms with Crippen molar-refractivity contribution in [2.75, 3.05) is 30.4 Å². The van der Waals surface area contributed by atoms with Gasteiger partial charge in [-0.15, -0.1) is 0 Å². The lowest BCUT2D eigenvalue weighted by atomic mass is 10.2. The molecular weight excluding hydrogens is 296 g/mol. The lowest BCUT2D eigenvalue weighted by Gasteiger charge is -2.19. The Balaban J connectivity index is 1.71. The van der Waals surface area contributed by atoms with Gasteiger partial charge in [-0.2, -0.15) is 0 Å². The maximum atomic E-state index is 12.3. The molecule has 120 valence electrons. The van der Waals surface area contributed by atoms with Crippen molar-refractivity contribution in [2.24, 2.45) is 0 Å². The van der Waals surface area contributed by atoms with Crippen LogP contribution in [0.4, 0.5) is 11.5 Å². The molecule has 0 bridgehead atoms. The zero-order valence-electron chi connectivity index (χ0n) is 12.8. The van der Waals surface area contributed by atoms with Crippen molar-refractivity contribution in [1.82, 2.24) is 9.97 Å². The van der Waals surface area contributed by atoms with Gasteiger partial charge in [-0.3, -0.25) is 4.79 Å². The van der Waals surface area contributed by atoms with Crippen molar-refractivity contribution in [1.29, 1.82) is 0 Å². The van der Waals surface area contributed by atoms with E-state index in [1.165, 1.54) is 6.33 Å². The molecule has 0 fully saturated rings. The smallest absolute Gasteiger partial charge is 0.274 e. The molecule has 1 aliphatic rings. The fraction of sp³-hybridized carbons (Fsp3) is 0.312. The normalized spacial score (nSPS) is 12.6. The molecule has 0 saturated carbocycles. The Hall–Kier alpha value is -2.83. The van der Waals surface area contributed by atoms with Gasteiger partial charge in [0.15, 0.2) is 11.5 Å². The minimum absolute atomic E-state index is 0.300. The van der Waals surface area contributed by atoms with Crippen molar-refractivity contribution in [3.63, 3.8) is 0 Å². The summed E-state index contributed by atoms with van der Waals surface area (Å²) in [6, 6.07) is 6.91. The zero-order chi connectivity index (χ0) is 16.1. The summed E-state index contributed by atoms with van der Waals surface area (Å²) in [5.74, 6) is 1.64. The van der Waals surface area contributed by atoms with Gasteiger partial charge < -0.3 is 20.1 Å². The molecule has 0 saturated heterocycles. The highest BCUT2D eigenvalue weighted by atomic mass is 16.6. The van der Waals surface area contributed by atoms with Crippen LogP contribution in [0, 0.1) is 0 Å². The van der Waals surface area contributed by atoms with Crippen LogP contribution < -0.4 is 20.1 Å². The fourth-order valence-corrected chi connectivity index (χ4v) is 2.15. The largest absolute Gasteiger partial charge is 0.486 e. The van der Waals surface area contributed by atoms with Gasteiger partial charge in [-0.05, 0) is 18.6 Å². The summed E-state index contributed by atoms with van der Waals surface area (Å²) < 4.78 is 11.0. The van der Waals surface area contributed by atoms with Crippen LogP contribution >= 0.6 is 0 Å². The molecule has 1 aromatic carbocycles. The van der Waals surface area contributed by atoms with E-state index >= 15 is 0 Å². The van der Waals surface area contributed by atoms with Crippen LogP contribution in [-0.4, -0.2) is 35.6 Å². The summed E-state index contributed by atoms with van der Waals surface area (Å²) in [5.41, 5.74) is 0.925. The molecule has 0 unspecified atom stereocenters. The summed E-state index contributed by atoms with van der Waals surface area (Å²) >= 11 is 0. The molecule has 2 heterocycles. The summed E-state index contributed by atoms with van der Waals surface area (Å²) in [6.07, 6.45) is 2.35. The van der Waals surface area contributed by atoms with Gasteiger partial charge in [0.2, 0.25) is 0 Å². The van der Waals surface area contributed by atoms with E-state index in [0.717, 1.165) is 13.0 Å². The van der Waals surface area contributed by atoms with Crippen molar-refractivity contribution in [2.45, 2.75) is 13.3 Å². The van der Waals surface area contributed by atoms with Crippen molar-refractivity contribution in [3.8, 4) is 11.5 Å². The van der Waals surface area contributed by atoms with Crippen LogP contribution in [0.15, 0.2) is 30.6 Å². The van der Waals surface area contributed by atoms with E-state index in [0.29, 0.717) is 41.9 Å². The first kappa shape index (κ1) is 15.1. The lowest BCUT2D eigenvalue weighted by molar-refractivity contribution is 0.102. The fourth-order valence-electron chi connectivity index (χ4n) is 2.15. The summed E-state index contributed by atoms with van der Waals surface area (Å²) in [4.78, 5) is 20.4. The number of rotatable bonds is 5. The Bertz CT molecular complexity index is 705. The SMILES string of the molecule is CCCNc1cc(C(=O)Nc2ccc3c(c2)OCCO3)ncn1. The molecule has 0 radical (unpaired) electrons. The Morgan fingerprint density at radius 3 is 2.83 bits per heavy atom. The number of carbonyl (C=O) groups excluding carboxylic acids is 1. The summed E-state index contributed by atoms with van der Waals surface area (Å²) in [5, 5.41) is 5.93. The van der Waals surface area contributed by atoms with Crippen molar-refractivity contribution < 1.29 is 14.3 Å². The number of amides is 1. The van der Waals surface area contributed by atoms with Gasteiger partial charge in [0.1, 0.15) is 31.1 Å². The first-order valence-corrected chi connectivity index (χ1v) is 7.53. The van der Waals surface area contributed by atoms with E-state index in [2.05, 4.69) is 27.5 Å². The second-order valence-corrected chi connectivity index (χ2v) is 5.03. The van der Waals surface area contributed by atoms with Crippen LogP contribution in [0.25, 0.3) is 0 Å². The molecule has 23 heavy (non-hydrogen) atoms. The number of benzene rings is 1. The minimum atomic E-state index is -0.302. The lowest BCUT2D eigenvalue weighted by Crippen LogP contribution is -2.17. The predicted molar refractivity (Wildman–Crippen MR) is 86.2 cm³/mol. The zero-order valence-corrected chi connectivity index (χ0v) is 12.8. The van der Waals surface area contributed by atoms with Crippen LogP contribution in [-0.2, 0) is 0 Å². The molecule has 2 aromatic rings. The van der Waals surface area contributed by atoms with Gasteiger partial charge in [0.25, 0.3) is 5.91 Å². The molecule has 0 aliphatic carbocycles. The quantitative estimate of drug-likeness (QED) is 0.881. The molecule has 0 atom stereocenters. The second-order valence-electron chi connectivity index (χ2n) is 5.03. The molecule has 1 amide bonds. The van der Waals surface area contributed by atoms with Crippen molar-refractivity contribution in [3.05, 3.63) is 36.3 Å². The molecule has 0 spiro atoms. The number of aromatic nitrogens is 2. The van der Waals surface area contributed by atoms with Crippen LogP contribution in [0.5, 0.6) is 11.5 Å². The highest BCUT2D eigenvalue weighted by molar-refractivity contribution is 6.03. The Morgan fingerprint density at radius 2 is 2.00 bits per heavy atom. The van der Waals surface area contributed by atoms with Crippen LogP contribution in [0.2, 0.25) is 0 Å². The Kier molecular flexibility index (Phi) is 4.56. The van der Waals surface area contributed by atoms with Gasteiger partial charge >= 0.3 is 0 Å². The highest BCUT2D eigenvalue weighted by Gasteiger charge is 2.14. The maximum Gasteiger partial charge on any atom is 0.274 e. The molecule has 3 rings (SSSR count). The molecule has 7 nitrogen and oxygen atoms in total. The van der Waals surface area contributed by atoms with E-state index in [1.54, 1.807) is 24.3 Å². The van der Waals surface area contributed by atoms with Crippen LogP contribution in [0.3, 0.4) is 0 Å². The first-order valence-electron chi connectivity index (χ1n) is 7.53. The summed E-state index contributed by atoms with van der Waals surface area (Å²) in [6.45, 7) is 3.89. The summed E-state index contributed by atoms with van der Waals surface area (Å²) in [7, 11) is 0. The topological polar surface area (TPSA) is 85.4 Å². The van der Waals surface area contributed by atoms with E-state index < -0.39 is 0 Å². The van der Waals surface area contributed by atoms with E-state index in [1.807, 2.05) is 0 Å². The van der Waals surface area contributed by atoms with Gasteiger partial charge in [0, 0.05) is 24.4 Å². The van der Waals surface area contributed by atoms with Gasteiger partial charge in [-0.1, -0.05) is 6.92 Å². The third-order valence-corrected chi connectivity index (χ3v) is 3.26. The second kappa shape index (κ2) is 6.95. The third-order valence-electron chi connectivity index (χ3n) is 3.26. The average molecular weight is 314 g/mol. The number of fused-ring (bicyclic) bond motifs is 1. The molecular formula is C16H18N4O3. The highest BCUT2D eigenvalue weighted by Crippen LogP contribution is 2.32.